The molecule has 0 aliphatic carbocycles. The van der Waals surface area contributed by atoms with E-state index in [0.29, 0.717) is 56.0 Å². The van der Waals surface area contributed by atoms with Crippen molar-refractivity contribution in [3.8, 4) is 12.1 Å². The summed E-state index contributed by atoms with van der Waals surface area (Å²) in [5.41, 5.74) is 1.36. The number of fused-ring (bicyclic) bond motifs is 1. The Hall–Kier alpha value is -5.95. The van der Waals surface area contributed by atoms with Gasteiger partial charge in [0.1, 0.15) is 22.8 Å². The fourth-order valence-corrected chi connectivity index (χ4v) is 7.97. The summed E-state index contributed by atoms with van der Waals surface area (Å²) in [6.45, 7) is 1.56. The topological polar surface area (TPSA) is 320 Å². The lowest BCUT2D eigenvalue weighted by Gasteiger charge is -2.16. The number of nitrogens with zero attached hydrogens (tertiary/aromatic N) is 7. The van der Waals surface area contributed by atoms with Crippen molar-refractivity contribution in [3.05, 3.63) is 102 Å². The van der Waals surface area contributed by atoms with Gasteiger partial charge >= 0.3 is 0 Å². The highest BCUT2D eigenvalue weighted by Gasteiger charge is 2.20. The number of anilines is 4. The van der Waals surface area contributed by atoms with Crippen LogP contribution in [0.2, 0.25) is 0 Å². The van der Waals surface area contributed by atoms with Gasteiger partial charge in [-0.25, -0.2) is 15.5 Å². The van der Waals surface area contributed by atoms with Gasteiger partial charge in [-0.05, 0) is 96.6 Å². The van der Waals surface area contributed by atoms with Gasteiger partial charge in [0, 0.05) is 26.7 Å². The quantitative estimate of drug-likeness (QED) is 0.0173. The molecule has 60 heavy (non-hydrogen) atoms. The van der Waals surface area contributed by atoms with Gasteiger partial charge in [0.15, 0.2) is 16.6 Å². The molecular weight excluding hydrogens is 887 g/mol. The van der Waals surface area contributed by atoms with Gasteiger partial charge in [-0.1, -0.05) is 27.5 Å². The second-order valence-corrected chi connectivity index (χ2v) is 17.0. The van der Waals surface area contributed by atoms with Crippen LogP contribution in [0.3, 0.4) is 0 Å². The summed E-state index contributed by atoms with van der Waals surface area (Å²) in [6, 6.07) is 23.8. The maximum Gasteiger partial charge on any atom is 0.294 e. The predicted octanol–water partition coefficient (Wildman–Crippen LogP) is 10.0. The van der Waals surface area contributed by atoms with Gasteiger partial charge in [-0.3, -0.25) is 9.11 Å². The lowest BCUT2D eigenvalue weighted by molar-refractivity contribution is -0.432. The molecule has 26 heteroatoms. The number of azo groups is 2. The van der Waals surface area contributed by atoms with E-state index in [1.165, 1.54) is 30.3 Å². The summed E-state index contributed by atoms with van der Waals surface area (Å²) in [5, 5.41) is 69.5. The zero-order valence-corrected chi connectivity index (χ0v) is 33.9. The van der Waals surface area contributed by atoms with Crippen LogP contribution < -0.4 is 10.6 Å². The first-order valence-electron chi connectivity index (χ1n) is 16.1. The minimum absolute atomic E-state index is 0.000752. The number of pyridine rings is 1. The Bertz CT molecular complexity index is 2950. The number of benzene rings is 4. The third-order valence-corrected chi connectivity index (χ3v) is 11.7. The van der Waals surface area contributed by atoms with Crippen LogP contribution in [0.25, 0.3) is 10.8 Å². The Balaban J connectivity index is 1.34. The number of hydrogen-bond acceptors (Lipinski definition) is 22. The Labute approximate surface area is 351 Å². The second-order valence-electron chi connectivity index (χ2n) is 11.6. The molecular formula is C34H23N9O12S5. The van der Waals surface area contributed by atoms with Crippen LogP contribution in [0.5, 0.6) is 0 Å². The van der Waals surface area contributed by atoms with Crippen molar-refractivity contribution in [2.24, 2.45) is 20.5 Å². The van der Waals surface area contributed by atoms with Crippen LogP contribution in [0.1, 0.15) is 16.7 Å². The Morgan fingerprint density at radius 1 is 0.733 bits per heavy atom. The average molecular weight is 910 g/mol. The van der Waals surface area contributed by atoms with Crippen molar-refractivity contribution in [1.29, 1.82) is 10.5 Å². The summed E-state index contributed by atoms with van der Waals surface area (Å²) in [6.07, 6.45) is 0. The third kappa shape index (κ3) is 10.6. The molecule has 6 aromatic rings. The molecule has 6 N–H and O–H groups in total. The first-order chi connectivity index (χ1) is 28.7. The van der Waals surface area contributed by atoms with Gasteiger partial charge in [0.05, 0.1) is 50.7 Å². The number of nitrogens with one attached hydrogen (secondary N) is 2. The molecule has 0 saturated carbocycles. The Morgan fingerprint density at radius 3 is 1.93 bits per heavy atom. The predicted molar refractivity (Wildman–Crippen MR) is 215 cm³/mol. The molecule has 2 heterocycles. The van der Waals surface area contributed by atoms with E-state index in [4.69, 9.17) is 10.5 Å². The van der Waals surface area contributed by atoms with Gasteiger partial charge in [-0.2, -0.15) is 27.4 Å². The minimum Gasteiger partial charge on any atom is -0.339 e. The molecule has 0 spiro atoms. The second kappa shape index (κ2) is 19.0. The van der Waals surface area contributed by atoms with Crippen LogP contribution >= 0.6 is 35.4 Å². The van der Waals surface area contributed by atoms with E-state index in [-0.39, 0.29) is 59.5 Å². The number of rotatable bonds is 16. The van der Waals surface area contributed by atoms with Crippen LogP contribution in [0.15, 0.2) is 125 Å². The van der Waals surface area contributed by atoms with E-state index in [1.54, 1.807) is 37.3 Å². The molecule has 0 aliphatic rings. The zero-order chi connectivity index (χ0) is 43.0. The van der Waals surface area contributed by atoms with Crippen molar-refractivity contribution >= 4 is 111 Å². The maximum absolute atomic E-state index is 11.6. The highest BCUT2D eigenvalue weighted by molar-refractivity contribution is 7.95. The highest BCUT2D eigenvalue weighted by atomic mass is 32.2. The minimum atomic E-state index is -4.50. The van der Waals surface area contributed by atoms with Crippen molar-refractivity contribution in [3.63, 3.8) is 0 Å². The molecule has 0 unspecified atom stereocenters. The van der Waals surface area contributed by atoms with E-state index in [2.05, 4.69) is 60.9 Å². The fraction of sp³-hybridized carbons (Fsp3) is 0.0294. The number of thiophene rings is 1. The van der Waals surface area contributed by atoms with Gasteiger partial charge in [0.2, 0.25) is 0 Å². The molecule has 0 bridgehead atoms. The molecule has 0 radical (unpaired) electrons. The van der Waals surface area contributed by atoms with Gasteiger partial charge in [-0.15, -0.1) is 29.1 Å². The standard InChI is InChI=1S/C34H23N9O12S5/c1-18-28(17-36)32(37-21-2-7-25(8-3-21)59(46,47)48)39-33(38-22-4-9-26(10-5-22)60(49,50)51)31(18)42-43-34-20(16-35)14-30(56-34)41-40-23-6-11-27-19(12-23)13-24(57-54-52-44)15-29(27)58-55-53-45/h2-15,44-45H,1H3,(H2,37,38,39)(H,46,47,48)(H,49,50,51). The highest BCUT2D eigenvalue weighted by Crippen LogP contribution is 2.42. The van der Waals surface area contributed by atoms with E-state index < -0.39 is 20.2 Å². The molecule has 0 aliphatic heterocycles. The first-order valence-corrected chi connectivity index (χ1v) is 21.3. The summed E-state index contributed by atoms with van der Waals surface area (Å²) in [4.78, 5) is 4.78. The van der Waals surface area contributed by atoms with Crippen LogP contribution in [0.4, 0.5) is 44.4 Å². The molecule has 0 saturated heterocycles. The lowest BCUT2D eigenvalue weighted by Crippen LogP contribution is -2.05. The van der Waals surface area contributed by atoms with E-state index in [9.17, 15) is 36.5 Å². The molecule has 0 atom stereocenters. The van der Waals surface area contributed by atoms with Crippen molar-refractivity contribution in [2.45, 2.75) is 26.5 Å². The number of hydrogen-bond donors (Lipinski definition) is 6. The molecule has 21 nitrogen and oxygen atoms in total. The monoisotopic (exact) mass is 909 g/mol. The molecule has 2 aromatic heterocycles. The third-order valence-electron chi connectivity index (χ3n) is 7.87. The van der Waals surface area contributed by atoms with Crippen molar-refractivity contribution < 1.29 is 55.2 Å². The SMILES string of the molecule is Cc1c(C#N)c(Nc2ccc(S(=O)(=O)O)cc2)nc(Nc2ccc(S(=O)(=O)O)cc2)c1N=Nc1sc(N=Nc2ccc3c(SOOO)cc(SOOO)cc3c2)cc1C#N. The Kier molecular flexibility index (Phi) is 13.8. The molecule has 6 rings (SSSR count). The van der Waals surface area contributed by atoms with Crippen molar-refractivity contribution in [1.82, 2.24) is 4.98 Å². The number of aromatic nitrogens is 1. The zero-order valence-electron chi connectivity index (χ0n) is 29.8. The molecule has 0 fully saturated rings. The van der Waals surface area contributed by atoms with Gasteiger partial charge in [0.25, 0.3) is 20.2 Å². The molecule has 0 amide bonds. The van der Waals surface area contributed by atoms with E-state index in [0.717, 1.165) is 35.6 Å². The lowest BCUT2D eigenvalue weighted by atomic mass is 10.1. The van der Waals surface area contributed by atoms with E-state index >= 15 is 0 Å². The Morgan fingerprint density at radius 2 is 1.35 bits per heavy atom. The average Bonchev–Trinajstić information content (AvgIpc) is 3.62. The summed E-state index contributed by atoms with van der Waals surface area (Å²) in [7, 11) is -8.97. The largest absolute Gasteiger partial charge is 0.339 e. The van der Waals surface area contributed by atoms with Crippen molar-refractivity contribution in [2.75, 3.05) is 10.6 Å². The summed E-state index contributed by atoms with van der Waals surface area (Å²) >= 11 is 2.36. The van der Waals surface area contributed by atoms with Crippen LogP contribution in [0, 0.1) is 29.6 Å². The first kappa shape index (κ1) is 43.6. The normalized spacial score (nSPS) is 11.9. The van der Waals surface area contributed by atoms with Crippen LogP contribution in [-0.2, 0) is 39.0 Å². The number of nitriles is 2. The molecule has 4 aromatic carbocycles. The fourth-order valence-electron chi connectivity index (χ4n) is 5.18. The smallest absolute Gasteiger partial charge is 0.294 e. The van der Waals surface area contributed by atoms with E-state index in [1.807, 2.05) is 6.07 Å². The summed E-state index contributed by atoms with van der Waals surface area (Å²) in [5.74, 6) is 0.00742. The maximum atomic E-state index is 11.6. The summed E-state index contributed by atoms with van der Waals surface area (Å²) < 4.78 is 74.2. The van der Waals surface area contributed by atoms with Gasteiger partial charge < -0.3 is 10.6 Å². The van der Waals surface area contributed by atoms with Crippen LogP contribution in [-0.4, -0.2) is 41.4 Å². The molecule has 306 valence electrons.